The van der Waals surface area contributed by atoms with Gasteiger partial charge >= 0.3 is 0 Å². The van der Waals surface area contributed by atoms with E-state index in [1.807, 2.05) is 18.2 Å². The van der Waals surface area contributed by atoms with Gasteiger partial charge in [-0.1, -0.05) is 104 Å². The third-order valence-corrected chi connectivity index (χ3v) is 5.26. The van der Waals surface area contributed by atoms with Crippen molar-refractivity contribution in [3.05, 3.63) is 120 Å². The molecule has 0 aliphatic heterocycles. The van der Waals surface area contributed by atoms with Crippen LogP contribution in [0.5, 0.6) is 0 Å². The Labute approximate surface area is 168 Å². The maximum atomic E-state index is 6.01. The first-order valence-corrected chi connectivity index (χ1v) is 9.80. The van der Waals surface area contributed by atoms with Crippen molar-refractivity contribution in [2.75, 3.05) is 7.11 Å². The van der Waals surface area contributed by atoms with Crippen LogP contribution in [-0.4, -0.2) is 7.11 Å². The summed E-state index contributed by atoms with van der Waals surface area (Å²) in [5.74, 6) is 0.266. The van der Waals surface area contributed by atoms with Crippen molar-refractivity contribution in [1.29, 1.82) is 0 Å². The molecule has 2 nitrogen and oxygen atoms in total. The lowest BCUT2D eigenvalue weighted by molar-refractivity contribution is 0.0610. The molecule has 1 unspecified atom stereocenters. The molecule has 1 N–H and O–H groups in total. The Balaban J connectivity index is 2.01. The van der Waals surface area contributed by atoms with Gasteiger partial charge in [0.25, 0.3) is 0 Å². The van der Waals surface area contributed by atoms with Crippen molar-refractivity contribution in [3.8, 4) is 0 Å². The van der Waals surface area contributed by atoms with E-state index < -0.39 is 0 Å². The quantitative estimate of drug-likeness (QED) is 0.448. The maximum Gasteiger partial charge on any atom is 0.102 e. The predicted molar refractivity (Wildman–Crippen MR) is 117 cm³/mol. The van der Waals surface area contributed by atoms with Crippen molar-refractivity contribution >= 4 is 0 Å². The molecule has 144 valence electrons. The van der Waals surface area contributed by atoms with Crippen LogP contribution in [0.4, 0.5) is 0 Å². The Morgan fingerprint density at radius 2 is 1.14 bits per heavy atom. The normalized spacial score (nSPS) is 15.4. The summed E-state index contributed by atoms with van der Waals surface area (Å²) in [6.45, 7) is 6.24. The van der Waals surface area contributed by atoms with Crippen molar-refractivity contribution in [2.45, 2.75) is 25.1 Å². The Kier molecular flexibility index (Phi) is 7.18. The highest BCUT2D eigenvalue weighted by molar-refractivity contribution is 5.28. The highest BCUT2D eigenvalue weighted by atomic mass is 16.5. The monoisotopic (exact) mass is 371 g/mol. The van der Waals surface area contributed by atoms with Gasteiger partial charge in [-0.2, -0.15) is 0 Å². The van der Waals surface area contributed by atoms with Crippen molar-refractivity contribution in [3.63, 3.8) is 0 Å². The van der Waals surface area contributed by atoms with Crippen LogP contribution >= 0.6 is 0 Å². The predicted octanol–water partition coefficient (Wildman–Crippen LogP) is 6.27. The smallest absolute Gasteiger partial charge is 0.102 e. The average Bonchev–Trinajstić information content (AvgIpc) is 2.78. The molecule has 0 amide bonds. The molecular weight excluding hydrogens is 342 g/mol. The molecule has 4 atom stereocenters. The second-order valence-corrected chi connectivity index (χ2v) is 7.11. The van der Waals surface area contributed by atoms with Gasteiger partial charge in [0.2, 0.25) is 0 Å². The van der Waals surface area contributed by atoms with Gasteiger partial charge in [0.05, 0.1) is 6.04 Å². The third kappa shape index (κ3) is 4.78. The summed E-state index contributed by atoms with van der Waals surface area (Å²) in [4.78, 5) is 0. The average molecular weight is 372 g/mol. The summed E-state index contributed by atoms with van der Waals surface area (Å²) in [7, 11) is 1.78. The first kappa shape index (κ1) is 20.1. The minimum atomic E-state index is -0.105. The fourth-order valence-corrected chi connectivity index (χ4v) is 3.67. The standard InChI is InChI=1S/C26H29NO/c1-4-20(2)24(21-14-8-5-9-15-21)27-25(22-16-10-6-11-17-22)26(28-3)23-18-12-7-13-19-23/h4-20,24-27H,1H2,2-3H3/t20?,24-,25-,26+/m1/s1. The van der Waals surface area contributed by atoms with Crippen LogP contribution in [0.3, 0.4) is 0 Å². The van der Waals surface area contributed by atoms with Crippen LogP contribution in [0.2, 0.25) is 0 Å². The number of rotatable bonds is 9. The second kappa shape index (κ2) is 10.0. The Morgan fingerprint density at radius 3 is 1.57 bits per heavy atom. The molecule has 2 heteroatoms. The molecule has 0 aromatic heterocycles. The number of hydrogen-bond acceptors (Lipinski definition) is 2. The molecule has 0 saturated carbocycles. The molecule has 28 heavy (non-hydrogen) atoms. The highest BCUT2D eigenvalue weighted by Crippen LogP contribution is 2.35. The van der Waals surface area contributed by atoms with Gasteiger partial charge in [-0.25, -0.2) is 0 Å². The van der Waals surface area contributed by atoms with E-state index in [4.69, 9.17) is 4.74 Å². The van der Waals surface area contributed by atoms with Crippen LogP contribution in [0.25, 0.3) is 0 Å². The minimum absolute atomic E-state index is 0.00112. The second-order valence-electron chi connectivity index (χ2n) is 7.11. The number of ether oxygens (including phenoxy) is 1. The number of nitrogens with one attached hydrogen (secondary N) is 1. The van der Waals surface area contributed by atoms with Gasteiger partial charge in [-0.15, -0.1) is 6.58 Å². The van der Waals surface area contributed by atoms with Crippen LogP contribution < -0.4 is 5.32 Å². The zero-order valence-corrected chi connectivity index (χ0v) is 16.7. The van der Waals surface area contributed by atoms with Crippen molar-refractivity contribution < 1.29 is 4.74 Å². The molecule has 0 saturated heterocycles. The largest absolute Gasteiger partial charge is 0.375 e. The number of methoxy groups -OCH3 is 1. The molecule has 0 radical (unpaired) electrons. The fourth-order valence-electron chi connectivity index (χ4n) is 3.67. The lowest BCUT2D eigenvalue weighted by Crippen LogP contribution is -2.34. The highest BCUT2D eigenvalue weighted by Gasteiger charge is 2.29. The zero-order chi connectivity index (χ0) is 19.8. The lowest BCUT2D eigenvalue weighted by Gasteiger charge is -2.34. The topological polar surface area (TPSA) is 21.3 Å². The summed E-state index contributed by atoms with van der Waals surface area (Å²) >= 11 is 0. The van der Waals surface area contributed by atoms with Gasteiger partial charge in [0, 0.05) is 13.2 Å². The minimum Gasteiger partial charge on any atom is -0.375 e. The molecule has 0 aliphatic carbocycles. The first-order chi connectivity index (χ1) is 13.7. The van der Waals surface area contributed by atoms with E-state index in [2.05, 4.69) is 97.7 Å². The molecule has 0 spiro atoms. The summed E-state index contributed by atoms with van der Waals surface area (Å²) < 4.78 is 6.01. The summed E-state index contributed by atoms with van der Waals surface area (Å²) in [5, 5.41) is 3.89. The number of benzene rings is 3. The molecule has 0 aliphatic rings. The van der Waals surface area contributed by atoms with E-state index in [0.29, 0.717) is 0 Å². The van der Waals surface area contributed by atoms with Gasteiger partial charge in [-0.05, 0) is 22.6 Å². The number of hydrogen-bond donors (Lipinski definition) is 1. The molecule has 3 rings (SSSR count). The van der Waals surface area contributed by atoms with E-state index >= 15 is 0 Å². The molecule has 0 heterocycles. The summed E-state index contributed by atoms with van der Waals surface area (Å²) in [5.41, 5.74) is 3.61. The Bertz CT molecular complexity index is 832. The molecular formula is C26H29NO. The van der Waals surface area contributed by atoms with Gasteiger partial charge in [0.15, 0.2) is 0 Å². The summed E-state index contributed by atoms with van der Waals surface area (Å²) in [6, 6.07) is 31.6. The van der Waals surface area contributed by atoms with Crippen LogP contribution in [0, 0.1) is 5.92 Å². The van der Waals surface area contributed by atoms with Crippen LogP contribution in [0.1, 0.15) is 41.8 Å². The van der Waals surface area contributed by atoms with E-state index in [0.717, 1.165) is 5.56 Å². The van der Waals surface area contributed by atoms with Gasteiger partial charge in [-0.3, -0.25) is 0 Å². The van der Waals surface area contributed by atoms with E-state index in [-0.39, 0.29) is 24.1 Å². The van der Waals surface area contributed by atoms with Crippen molar-refractivity contribution in [2.24, 2.45) is 5.92 Å². The molecule has 0 bridgehead atoms. The van der Waals surface area contributed by atoms with Gasteiger partial charge in [0.1, 0.15) is 6.10 Å². The Morgan fingerprint density at radius 1 is 0.714 bits per heavy atom. The van der Waals surface area contributed by atoms with E-state index in [1.54, 1.807) is 7.11 Å². The first-order valence-electron chi connectivity index (χ1n) is 9.80. The molecule has 0 fully saturated rings. The van der Waals surface area contributed by atoms with Crippen molar-refractivity contribution in [1.82, 2.24) is 5.32 Å². The van der Waals surface area contributed by atoms with E-state index in [9.17, 15) is 0 Å². The van der Waals surface area contributed by atoms with E-state index in [1.165, 1.54) is 11.1 Å². The SMILES string of the molecule is C=CC(C)[C@@H](N[C@H](c1ccccc1)[C@@H](OC)c1ccccc1)c1ccccc1. The fraction of sp³-hybridized carbons (Fsp3) is 0.231. The van der Waals surface area contributed by atoms with Crippen LogP contribution in [0.15, 0.2) is 104 Å². The molecule has 3 aromatic carbocycles. The zero-order valence-electron chi connectivity index (χ0n) is 16.7. The van der Waals surface area contributed by atoms with Crippen LogP contribution in [-0.2, 0) is 4.74 Å². The molecule has 3 aromatic rings. The van der Waals surface area contributed by atoms with Gasteiger partial charge < -0.3 is 10.1 Å². The lowest BCUT2D eigenvalue weighted by atomic mass is 9.89. The summed E-state index contributed by atoms with van der Waals surface area (Å²) in [6.07, 6.45) is 1.91. The maximum absolute atomic E-state index is 6.01. The Hall–Kier alpha value is -2.68. The third-order valence-electron chi connectivity index (χ3n) is 5.26.